The molecule has 0 saturated carbocycles. The number of hydrogen-bond acceptors (Lipinski definition) is 3. The topological polar surface area (TPSA) is 48.1 Å². The first kappa shape index (κ1) is 11.5. The third-order valence-corrected chi connectivity index (χ3v) is 2.54. The molecule has 1 aromatic heterocycles. The Morgan fingerprint density at radius 1 is 1.06 bits per heavy atom. The van der Waals surface area contributed by atoms with E-state index in [4.69, 9.17) is 10.5 Å². The van der Waals surface area contributed by atoms with Crippen LogP contribution in [0.3, 0.4) is 0 Å². The molecule has 0 unspecified atom stereocenters. The molecule has 2 rings (SSSR count). The van der Waals surface area contributed by atoms with Crippen molar-refractivity contribution in [2.24, 2.45) is 0 Å². The Labute approximate surface area is 101 Å². The summed E-state index contributed by atoms with van der Waals surface area (Å²) in [6, 6.07) is 12.0. The van der Waals surface area contributed by atoms with Gasteiger partial charge in [0.1, 0.15) is 6.61 Å². The van der Waals surface area contributed by atoms with Gasteiger partial charge in [0.05, 0.1) is 0 Å². The van der Waals surface area contributed by atoms with Gasteiger partial charge in [-0.1, -0.05) is 29.8 Å². The summed E-state index contributed by atoms with van der Waals surface area (Å²) >= 11 is 0. The van der Waals surface area contributed by atoms with Crippen LogP contribution < -0.4 is 10.5 Å². The Bertz CT molecular complexity index is 506. The number of aromatic nitrogens is 1. The molecule has 0 amide bonds. The number of nitrogens with two attached hydrogens (primary N) is 1. The summed E-state index contributed by atoms with van der Waals surface area (Å²) in [4.78, 5) is 4.15. The standard InChI is InChI=1S/C14H16N2O/c1-10-3-6-12(7-4-10)9-17-13-8-5-11(2)16-14(13)15/h3-8H,9H2,1-2H3,(H2,15,16). The first-order valence-corrected chi connectivity index (χ1v) is 5.56. The molecule has 0 aliphatic rings. The monoisotopic (exact) mass is 228 g/mol. The maximum absolute atomic E-state index is 5.77. The zero-order valence-corrected chi connectivity index (χ0v) is 10.1. The largest absolute Gasteiger partial charge is 0.485 e. The van der Waals surface area contributed by atoms with Gasteiger partial charge >= 0.3 is 0 Å². The fourth-order valence-corrected chi connectivity index (χ4v) is 1.53. The lowest BCUT2D eigenvalue weighted by atomic mass is 10.2. The van der Waals surface area contributed by atoms with Gasteiger partial charge in [0.2, 0.25) is 0 Å². The minimum Gasteiger partial charge on any atom is -0.485 e. The van der Waals surface area contributed by atoms with E-state index in [-0.39, 0.29) is 0 Å². The van der Waals surface area contributed by atoms with Crippen LogP contribution in [0.5, 0.6) is 5.75 Å². The second-order valence-corrected chi connectivity index (χ2v) is 4.11. The van der Waals surface area contributed by atoms with E-state index in [1.807, 2.05) is 31.2 Å². The van der Waals surface area contributed by atoms with Crippen LogP contribution in [0, 0.1) is 13.8 Å². The van der Waals surface area contributed by atoms with Gasteiger partial charge in [-0.25, -0.2) is 4.98 Å². The predicted molar refractivity (Wildman–Crippen MR) is 68.9 cm³/mol. The Balaban J connectivity index is 2.04. The zero-order valence-electron chi connectivity index (χ0n) is 10.1. The van der Waals surface area contributed by atoms with E-state index in [9.17, 15) is 0 Å². The minimum atomic E-state index is 0.442. The molecular weight excluding hydrogens is 212 g/mol. The van der Waals surface area contributed by atoms with E-state index in [1.165, 1.54) is 5.56 Å². The molecular formula is C14H16N2O. The second kappa shape index (κ2) is 4.87. The highest BCUT2D eigenvalue weighted by Crippen LogP contribution is 2.20. The number of benzene rings is 1. The van der Waals surface area contributed by atoms with E-state index in [0.717, 1.165) is 11.3 Å². The predicted octanol–water partition coefficient (Wildman–Crippen LogP) is 2.86. The van der Waals surface area contributed by atoms with Crippen LogP contribution in [-0.2, 0) is 6.61 Å². The molecule has 0 spiro atoms. The molecule has 3 heteroatoms. The van der Waals surface area contributed by atoms with Gasteiger partial charge in [-0.15, -0.1) is 0 Å². The van der Waals surface area contributed by atoms with E-state index < -0.39 is 0 Å². The maximum Gasteiger partial charge on any atom is 0.166 e. The van der Waals surface area contributed by atoms with Crippen LogP contribution in [0.2, 0.25) is 0 Å². The number of hydrogen-bond donors (Lipinski definition) is 1. The Morgan fingerprint density at radius 2 is 1.76 bits per heavy atom. The summed E-state index contributed by atoms with van der Waals surface area (Å²) in [5, 5.41) is 0. The van der Waals surface area contributed by atoms with Gasteiger partial charge < -0.3 is 10.5 Å². The van der Waals surface area contributed by atoms with Crippen LogP contribution >= 0.6 is 0 Å². The number of pyridine rings is 1. The van der Waals surface area contributed by atoms with Gasteiger partial charge in [0.15, 0.2) is 11.6 Å². The SMILES string of the molecule is Cc1ccc(COc2ccc(C)nc2N)cc1. The van der Waals surface area contributed by atoms with Crippen LogP contribution in [0.4, 0.5) is 5.82 Å². The summed E-state index contributed by atoms with van der Waals surface area (Å²) < 4.78 is 5.63. The molecule has 0 radical (unpaired) electrons. The summed E-state index contributed by atoms with van der Waals surface area (Å²) in [7, 11) is 0. The summed E-state index contributed by atoms with van der Waals surface area (Å²) in [6.45, 7) is 4.47. The Kier molecular flexibility index (Phi) is 3.28. The maximum atomic E-state index is 5.77. The molecule has 3 nitrogen and oxygen atoms in total. The van der Waals surface area contributed by atoms with Crippen molar-refractivity contribution in [2.75, 3.05) is 5.73 Å². The molecule has 0 bridgehead atoms. The lowest BCUT2D eigenvalue weighted by Crippen LogP contribution is -2.01. The fraction of sp³-hybridized carbons (Fsp3) is 0.214. The highest BCUT2D eigenvalue weighted by molar-refractivity contribution is 5.46. The van der Waals surface area contributed by atoms with E-state index >= 15 is 0 Å². The molecule has 2 aromatic rings. The zero-order chi connectivity index (χ0) is 12.3. The van der Waals surface area contributed by atoms with E-state index in [2.05, 4.69) is 24.0 Å². The van der Waals surface area contributed by atoms with Crippen molar-refractivity contribution >= 4 is 5.82 Å². The number of anilines is 1. The molecule has 0 aliphatic carbocycles. The van der Waals surface area contributed by atoms with Crippen molar-refractivity contribution in [1.29, 1.82) is 0 Å². The average molecular weight is 228 g/mol. The quantitative estimate of drug-likeness (QED) is 0.878. The molecule has 1 aromatic carbocycles. The molecule has 0 atom stereocenters. The third-order valence-electron chi connectivity index (χ3n) is 2.54. The van der Waals surface area contributed by atoms with Crippen molar-refractivity contribution < 1.29 is 4.74 Å². The minimum absolute atomic E-state index is 0.442. The lowest BCUT2D eigenvalue weighted by Gasteiger charge is -2.08. The van der Waals surface area contributed by atoms with E-state index in [0.29, 0.717) is 18.2 Å². The normalized spacial score (nSPS) is 10.2. The average Bonchev–Trinajstić information content (AvgIpc) is 2.30. The van der Waals surface area contributed by atoms with Crippen molar-refractivity contribution in [3.8, 4) is 5.75 Å². The summed E-state index contributed by atoms with van der Waals surface area (Å²) in [6.07, 6.45) is 0. The molecule has 0 aliphatic heterocycles. The van der Waals surface area contributed by atoms with Crippen molar-refractivity contribution in [3.05, 3.63) is 53.2 Å². The van der Waals surface area contributed by atoms with Gasteiger partial charge in [-0.2, -0.15) is 0 Å². The van der Waals surface area contributed by atoms with Crippen LogP contribution in [0.1, 0.15) is 16.8 Å². The van der Waals surface area contributed by atoms with E-state index in [1.54, 1.807) is 0 Å². The number of nitrogen functional groups attached to an aromatic ring is 1. The van der Waals surface area contributed by atoms with Crippen molar-refractivity contribution in [3.63, 3.8) is 0 Å². The highest BCUT2D eigenvalue weighted by atomic mass is 16.5. The summed E-state index contributed by atoms with van der Waals surface area (Å²) in [5.74, 6) is 1.08. The van der Waals surface area contributed by atoms with Gasteiger partial charge in [-0.3, -0.25) is 0 Å². The lowest BCUT2D eigenvalue weighted by molar-refractivity contribution is 0.307. The molecule has 1 heterocycles. The first-order chi connectivity index (χ1) is 8.15. The molecule has 0 saturated heterocycles. The Hall–Kier alpha value is -2.03. The summed E-state index contributed by atoms with van der Waals surface area (Å²) in [5.41, 5.74) is 9.03. The van der Waals surface area contributed by atoms with Gasteiger partial charge in [0, 0.05) is 5.69 Å². The van der Waals surface area contributed by atoms with Crippen LogP contribution in [0.15, 0.2) is 36.4 Å². The molecule has 2 N–H and O–H groups in total. The fourth-order valence-electron chi connectivity index (χ4n) is 1.53. The number of aryl methyl sites for hydroxylation is 2. The van der Waals surface area contributed by atoms with Crippen molar-refractivity contribution in [1.82, 2.24) is 4.98 Å². The third kappa shape index (κ3) is 2.97. The number of ether oxygens (including phenoxy) is 1. The first-order valence-electron chi connectivity index (χ1n) is 5.56. The number of nitrogens with zero attached hydrogens (tertiary/aromatic N) is 1. The van der Waals surface area contributed by atoms with Gasteiger partial charge in [0.25, 0.3) is 0 Å². The van der Waals surface area contributed by atoms with Crippen LogP contribution in [0.25, 0.3) is 0 Å². The van der Waals surface area contributed by atoms with Crippen molar-refractivity contribution in [2.45, 2.75) is 20.5 Å². The molecule has 17 heavy (non-hydrogen) atoms. The smallest absolute Gasteiger partial charge is 0.166 e. The van der Waals surface area contributed by atoms with Crippen LogP contribution in [-0.4, -0.2) is 4.98 Å². The molecule has 88 valence electrons. The highest BCUT2D eigenvalue weighted by Gasteiger charge is 2.02. The second-order valence-electron chi connectivity index (χ2n) is 4.11. The Morgan fingerprint density at radius 3 is 2.41 bits per heavy atom. The van der Waals surface area contributed by atoms with Gasteiger partial charge in [-0.05, 0) is 31.5 Å². The molecule has 0 fully saturated rings. The number of rotatable bonds is 3.